The quantitative estimate of drug-likeness (QED) is 0.457. The Morgan fingerprint density at radius 1 is 1.20 bits per heavy atom. The minimum Gasteiger partial charge on any atom is -0.497 e. The van der Waals surface area contributed by atoms with Crippen LogP contribution in [0.1, 0.15) is 25.3 Å². The standard InChI is InChI=1S/C22H27ClNO5P/c1-3-28-22(25)16-24-19(15-17-6-8-18(23)9-7-17)5-4-14-29-30(24,26)21-12-10-20(27-2)11-13-21/h6-13,19H,3-5,14-16H2,1-2H3. The van der Waals surface area contributed by atoms with Crippen LogP contribution in [0.5, 0.6) is 5.75 Å². The fourth-order valence-corrected chi connectivity index (χ4v) is 6.15. The zero-order valence-electron chi connectivity index (χ0n) is 17.3. The molecule has 0 aliphatic carbocycles. The molecule has 2 aromatic rings. The highest BCUT2D eigenvalue weighted by molar-refractivity contribution is 7.64. The van der Waals surface area contributed by atoms with Crippen LogP contribution < -0.4 is 10.0 Å². The summed E-state index contributed by atoms with van der Waals surface area (Å²) in [5, 5.41) is 1.20. The Balaban J connectivity index is 1.97. The smallest absolute Gasteiger partial charge is 0.320 e. The van der Waals surface area contributed by atoms with E-state index in [2.05, 4.69) is 0 Å². The predicted octanol–water partition coefficient (Wildman–Crippen LogP) is 4.45. The van der Waals surface area contributed by atoms with Crippen LogP contribution in [0.15, 0.2) is 48.5 Å². The Hall–Kier alpha value is -1.85. The first-order valence-corrected chi connectivity index (χ1v) is 12.0. The van der Waals surface area contributed by atoms with Crippen LogP contribution >= 0.6 is 19.1 Å². The lowest BCUT2D eigenvalue weighted by atomic mass is 10.0. The molecule has 6 nitrogen and oxygen atoms in total. The number of benzene rings is 2. The second kappa shape index (κ2) is 10.5. The molecule has 0 amide bonds. The number of hydrogen-bond donors (Lipinski definition) is 0. The maximum Gasteiger partial charge on any atom is 0.320 e. The van der Waals surface area contributed by atoms with Gasteiger partial charge in [-0.3, -0.25) is 9.36 Å². The van der Waals surface area contributed by atoms with Gasteiger partial charge in [0.1, 0.15) is 12.3 Å². The van der Waals surface area contributed by atoms with E-state index in [9.17, 15) is 9.36 Å². The molecule has 2 atom stereocenters. The van der Waals surface area contributed by atoms with E-state index in [1.54, 1.807) is 43.0 Å². The van der Waals surface area contributed by atoms with Gasteiger partial charge in [-0.1, -0.05) is 23.7 Å². The Labute approximate surface area is 182 Å². The van der Waals surface area contributed by atoms with Gasteiger partial charge in [0, 0.05) is 11.1 Å². The normalized spacial score (nSPS) is 22.3. The molecule has 0 N–H and O–H groups in total. The van der Waals surface area contributed by atoms with Crippen molar-refractivity contribution < 1.29 is 23.4 Å². The molecule has 2 unspecified atom stereocenters. The molecule has 1 aliphatic rings. The molecule has 1 aliphatic heterocycles. The third kappa shape index (κ3) is 5.44. The summed E-state index contributed by atoms with van der Waals surface area (Å²) in [5.74, 6) is 0.243. The van der Waals surface area contributed by atoms with E-state index >= 15 is 0 Å². The maximum absolute atomic E-state index is 14.2. The van der Waals surface area contributed by atoms with Crippen LogP contribution in [0, 0.1) is 0 Å². The van der Waals surface area contributed by atoms with Crippen LogP contribution in [0.3, 0.4) is 0 Å². The van der Waals surface area contributed by atoms with Crippen LogP contribution in [-0.4, -0.2) is 43.5 Å². The molecule has 1 heterocycles. The Morgan fingerprint density at radius 3 is 2.53 bits per heavy atom. The van der Waals surface area contributed by atoms with E-state index in [0.717, 1.165) is 18.4 Å². The van der Waals surface area contributed by atoms with Crippen LogP contribution in [0.2, 0.25) is 5.02 Å². The predicted molar refractivity (Wildman–Crippen MR) is 118 cm³/mol. The minimum absolute atomic E-state index is 0.102. The van der Waals surface area contributed by atoms with Gasteiger partial charge in [-0.05, 0) is 68.1 Å². The van der Waals surface area contributed by atoms with Crippen molar-refractivity contribution in [3.8, 4) is 5.75 Å². The molecule has 0 radical (unpaired) electrons. The monoisotopic (exact) mass is 451 g/mol. The summed E-state index contributed by atoms with van der Waals surface area (Å²) in [6.45, 7) is 2.28. The van der Waals surface area contributed by atoms with Gasteiger partial charge < -0.3 is 14.0 Å². The van der Waals surface area contributed by atoms with Crippen molar-refractivity contribution in [2.45, 2.75) is 32.2 Å². The number of hydrogen-bond acceptors (Lipinski definition) is 5. The number of esters is 1. The van der Waals surface area contributed by atoms with E-state index in [1.165, 1.54) is 0 Å². The zero-order chi connectivity index (χ0) is 21.6. The van der Waals surface area contributed by atoms with Crippen molar-refractivity contribution in [1.82, 2.24) is 4.67 Å². The third-order valence-corrected chi connectivity index (χ3v) is 7.97. The molecule has 1 saturated heterocycles. The zero-order valence-corrected chi connectivity index (χ0v) is 18.9. The summed E-state index contributed by atoms with van der Waals surface area (Å²) in [4.78, 5) is 12.4. The van der Waals surface area contributed by atoms with Crippen molar-refractivity contribution in [3.63, 3.8) is 0 Å². The average Bonchev–Trinajstić information content (AvgIpc) is 2.90. The number of methoxy groups -OCH3 is 1. The molecule has 0 bridgehead atoms. The summed E-state index contributed by atoms with van der Waals surface area (Å²) in [5.41, 5.74) is 1.06. The highest BCUT2D eigenvalue weighted by Gasteiger charge is 2.42. The first-order chi connectivity index (χ1) is 14.5. The van der Waals surface area contributed by atoms with E-state index in [4.69, 9.17) is 25.6 Å². The number of carbonyl (C=O) groups is 1. The van der Waals surface area contributed by atoms with E-state index in [-0.39, 0.29) is 19.2 Å². The SMILES string of the molecule is CCOC(=O)CN1C(Cc2ccc(Cl)cc2)CCCOP1(=O)c1ccc(OC)cc1. The van der Waals surface area contributed by atoms with E-state index < -0.39 is 13.5 Å². The fourth-order valence-electron chi connectivity index (χ4n) is 3.60. The lowest BCUT2D eigenvalue weighted by Crippen LogP contribution is -2.40. The van der Waals surface area contributed by atoms with Crippen molar-refractivity contribution >= 4 is 30.4 Å². The summed E-state index contributed by atoms with van der Waals surface area (Å²) in [6, 6.07) is 14.4. The fraction of sp³-hybridized carbons (Fsp3) is 0.409. The minimum atomic E-state index is -3.48. The summed E-state index contributed by atoms with van der Waals surface area (Å²) < 4.78 is 32.2. The van der Waals surface area contributed by atoms with Gasteiger partial charge in [0.25, 0.3) is 0 Å². The second-order valence-corrected chi connectivity index (χ2v) is 9.85. The number of ether oxygens (including phenoxy) is 2. The van der Waals surface area contributed by atoms with Gasteiger partial charge in [-0.2, -0.15) is 0 Å². The maximum atomic E-state index is 14.2. The topological polar surface area (TPSA) is 65.1 Å². The number of halogens is 1. The molecular weight excluding hydrogens is 425 g/mol. The lowest BCUT2D eigenvalue weighted by molar-refractivity contribution is -0.143. The Kier molecular flexibility index (Phi) is 7.95. The number of carbonyl (C=O) groups excluding carboxylic acids is 1. The van der Waals surface area contributed by atoms with Crippen LogP contribution in [0.25, 0.3) is 0 Å². The summed E-state index contributed by atoms with van der Waals surface area (Å²) in [7, 11) is -1.90. The molecular formula is C22H27ClNO5P. The third-order valence-electron chi connectivity index (χ3n) is 5.09. The summed E-state index contributed by atoms with van der Waals surface area (Å²) in [6.07, 6.45) is 2.12. The molecule has 162 valence electrons. The van der Waals surface area contributed by atoms with Gasteiger partial charge in [-0.25, -0.2) is 4.67 Å². The molecule has 0 spiro atoms. The Morgan fingerprint density at radius 2 is 1.90 bits per heavy atom. The van der Waals surface area contributed by atoms with E-state index in [0.29, 0.717) is 29.1 Å². The van der Waals surface area contributed by atoms with Crippen molar-refractivity contribution in [3.05, 3.63) is 59.1 Å². The van der Waals surface area contributed by atoms with Gasteiger partial charge in [0.2, 0.25) is 0 Å². The van der Waals surface area contributed by atoms with Crippen molar-refractivity contribution in [2.24, 2.45) is 0 Å². The highest BCUT2D eigenvalue weighted by Crippen LogP contribution is 2.53. The highest BCUT2D eigenvalue weighted by atomic mass is 35.5. The summed E-state index contributed by atoms with van der Waals surface area (Å²) >= 11 is 6.02. The molecule has 0 aromatic heterocycles. The van der Waals surface area contributed by atoms with Crippen LogP contribution in [-0.2, 0) is 25.0 Å². The molecule has 3 rings (SSSR count). The van der Waals surface area contributed by atoms with E-state index in [1.807, 2.05) is 24.3 Å². The van der Waals surface area contributed by atoms with Crippen molar-refractivity contribution in [1.29, 1.82) is 0 Å². The average molecular weight is 452 g/mol. The van der Waals surface area contributed by atoms with Crippen LogP contribution in [0.4, 0.5) is 0 Å². The first-order valence-electron chi connectivity index (χ1n) is 10.0. The lowest BCUT2D eigenvalue weighted by Gasteiger charge is -2.34. The van der Waals surface area contributed by atoms with Gasteiger partial charge in [-0.15, -0.1) is 0 Å². The largest absolute Gasteiger partial charge is 0.497 e. The molecule has 0 saturated carbocycles. The molecule has 1 fully saturated rings. The molecule has 8 heteroatoms. The molecule has 30 heavy (non-hydrogen) atoms. The second-order valence-electron chi connectivity index (χ2n) is 7.08. The van der Waals surface area contributed by atoms with Gasteiger partial charge in [0.05, 0.1) is 25.6 Å². The Bertz CT molecular complexity index is 887. The first kappa shape index (κ1) is 22.8. The van der Waals surface area contributed by atoms with Crippen molar-refractivity contribution in [2.75, 3.05) is 26.9 Å². The number of rotatable bonds is 7. The van der Waals surface area contributed by atoms with Gasteiger partial charge >= 0.3 is 13.5 Å². The van der Waals surface area contributed by atoms with Gasteiger partial charge in [0.15, 0.2) is 0 Å². The molecule has 2 aromatic carbocycles. The number of nitrogens with zero attached hydrogens (tertiary/aromatic N) is 1.